The summed E-state index contributed by atoms with van der Waals surface area (Å²) in [6.45, 7) is 14.7. The van der Waals surface area contributed by atoms with Gasteiger partial charge in [-0.25, -0.2) is 0 Å². The van der Waals surface area contributed by atoms with E-state index < -0.39 is 0 Å². The van der Waals surface area contributed by atoms with E-state index in [4.69, 9.17) is 0 Å². The van der Waals surface area contributed by atoms with Crippen molar-refractivity contribution in [1.82, 2.24) is 0 Å². The van der Waals surface area contributed by atoms with E-state index in [1.807, 2.05) is 0 Å². The summed E-state index contributed by atoms with van der Waals surface area (Å²) in [7, 11) is 0. The largest absolute Gasteiger partial charge is 0.0912 e. The van der Waals surface area contributed by atoms with Crippen LogP contribution in [0.25, 0.3) is 5.57 Å². The second kappa shape index (κ2) is 5.67. The Hall–Kier alpha value is -1.56. The highest BCUT2D eigenvalue weighted by molar-refractivity contribution is 5.72. The van der Waals surface area contributed by atoms with E-state index in [1.54, 1.807) is 0 Å². The lowest BCUT2D eigenvalue weighted by Crippen LogP contribution is -1.91. The van der Waals surface area contributed by atoms with Gasteiger partial charge in [0.1, 0.15) is 0 Å². The third kappa shape index (κ3) is 3.20. The predicted octanol–water partition coefficient (Wildman–Crippen LogP) is 5.31. The monoisotopic (exact) mass is 226 g/mol. The van der Waals surface area contributed by atoms with Crippen LogP contribution in [0.1, 0.15) is 38.8 Å². The van der Waals surface area contributed by atoms with Crippen molar-refractivity contribution in [2.24, 2.45) is 0 Å². The second-order valence-corrected chi connectivity index (χ2v) is 4.57. The molecule has 90 valence electrons. The maximum atomic E-state index is 4.16. The molecule has 0 aliphatic heterocycles. The molecule has 0 aromatic heterocycles. The Balaban J connectivity index is 3.13. The third-order valence-corrected chi connectivity index (χ3v) is 3.41. The molecule has 0 bridgehead atoms. The van der Waals surface area contributed by atoms with Gasteiger partial charge in [0, 0.05) is 0 Å². The lowest BCUT2D eigenvalue weighted by molar-refractivity contribution is 1.31. The molecular formula is C17H22. The van der Waals surface area contributed by atoms with E-state index >= 15 is 0 Å². The number of allylic oxidation sites excluding steroid dienone is 5. The Morgan fingerprint density at radius 1 is 1.06 bits per heavy atom. The molecule has 0 heteroatoms. The van der Waals surface area contributed by atoms with E-state index in [0.29, 0.717) is 0 Å². The first-order valence-corrected chi connectivity index (χ1v) is 6.04. The number of hydrogen-bond acceptors (Lipinski definition) is 0. The Morgan fingerprint density at radius 2 is 1.59 bits per heavy atom. The van der Waals surface area contributed by atoms with Crippen LogP contribution < -0.4 is 0 Å². The molecule has 0 heterocycles. The van der Waals surface area contributed by atoms with Gasteiger partial charge in [0.05, 0.1) is 0 Å². The Bertz CT molecular complexity index is 467. The van der Waals surface area contributed by atoms with Gasteiger partial charge in [0.25, 0.3) is 0 Å². The van der Waals surface area contributed by atoms with Gasteiger partial charge in [-0.2, -0.15) is 0 Å². The van der Waals surface area contributed by atoms with Crippen LogP contribution in [-0.2, 0) is 0 Å². The van der Waals surface area contributed by atoms with Crippen molar-refractivity contribution >= 4 is 5.57 Å². The van der Waals surface area contributed by atoms with E-state index in [1.165, 1.54) is 27.8 Å². The molecule has 0 saturated heterocycles. The van der Waals surface area contributed by atoms with Gasteiger partial charge in [-0.1, -0.05) is 42.5 Å². The fourth-order valence-corrected chi connectivity index (χ4v) is 1.72. The first-order chi connectivity index (χ1) is 7.97. The normalized spacial score (nSPS) is 13.4. The molecule has 0 aliphatic carbocycles. The quantitative estimate of drug-likeness (QED) is 0.613. The molecule has 0 radical (unpaired) electrons. The van der Waals surface area contributed by atoms with E-state index in [2.05, 4.69) is 71.5 Å². The summed E-state index contributed by atoms with van der Waals surface area (Å²) < 4.78 is 0. The average molecular weight is 226 g/mol. The average Bonchev–Trinajstić information content (AvgIpc) is 2.36. The minimum atomic E-state index is 1.13. The Kier molecular flexibility index (Phi) is 4.51. The lowest BCUT2D eigenvalue weighted by atomic mass is 9.94. The zero-order valence-corrected chi connectivity index (χ0v) is 11.6. The van der Waals surface area contributed by atoms with Crippen LogP contribution in [0.4, 0.5) is 0 Å². The SMILES string of the molecule is C=C(/C(C)=C\C)/C(C)=C(\C)c1ccc(C)cc1. The van der Waals surface area contributed by atoms with Gasteiger partial charge >= 0.3 is 0 Å². The molecule has 1 aromatic carbocycles. The van der Waals surface area contributed by atoms with Crippen molar-refractivity contribution in [2.75, 3.05) is 0 Å². The molecule has 0 unspecified atom stereocenters. The number of hydrogen-bond donors (Lipinski definition) is 0. The highest BCUT2D eigenvalue weighted by Crippen LogP contribution is 2.26. The van der Waals surface area contributed by atoms with E-state index in [0.717, 1.165) is 5.57 Å². The van der Waals surface area contributed by atoms with Crippen molar-refractivity contribution in [3.63, 3.8) is 0 Å². The lowest BCUT2D eigenvalue weighted by Gasteiger charge is -2.12. The van der Waals surface area contributed by atoms with Crippen LogP contribution in [0, 0.1) is 6.92 Å². The maximum Gasteiger partial charge on any atom is -0.0224 e. The zero-order chi connectivity index (χ0) is 13.0. The molecule has 0 atom stereocenters. The fraction of sp³-hybridized carbons (Fsp3) is 0.294. The van der Waals surface area contributed by atoms with Gasteiger partial charge in [-0.3, -0.25) is 0 Å². The first kappa shape index (κ1) is 13.5. The summed E-state index contributed by atoms with van der Waals surface area (Å²) >= 11 is 0. The van der Waals surface area contributed by atoms with Gasteiger partial charge < -0.3 is 0 Å². The smallest absolute Gasteiger partial charge is 0.0224 e. The van der Waals surface area contributed by atoms with Crippen molar-refractivity contribution in [1.29, 1.82) is 0 Å². The number of rotatable bonds is 3. The van der Waals surface area contributed by atoms with Gasteiger partial charge in [-0.15, -0.1) is 0 Å². The molecule has 0 fully saturated rings. The molecule has 0 amide bonds. The topological polar surface area (TPSA) is 0 Å². The van der Waals surface area contributed by atoms with Crippen molar-refractivity contribution in [3.8, 4) is 0 Å². The van der Waals surface area contributed by atoms with Crippen LogP contribution in [0.5, 0.6) is 0 Å². The van der Waals surface area contributed by atoms with Crippen molar-refractivity contribution in [2.45, 2.75) is 34.6 Å². The molecule has 17 heavy (non-hydrogen) atoms. The van der Waals surface area contributed by atoms with Crippen LogP contribution >= 0.6 is 0 Å². The molecule has 0 nitrogen and oxygen atoms in total. The van der Waals surface area contributed by atoms with Crippen LogP contribution in [0.15, 0.2) is 53.6 Å². The molecule has 0 spiro atoms. The summed E-state index contributed by atoms with van der Waals surface area (Å²) in [6.07, 6.45) is 2.11. The van der Waals surface area contributed by atoms with Gasteiger partial charge in [0.15, 0.2) is 0 Å². The van der Waals surface area contributed by atoms with E-state index in [-0.39, 0.29) is 0 Å². The van der Waals surface area contributed by atoms with Crippen LogP contribution in [0.2, 0.25) is 0 Å². The Morgan fingerprint density at radius 3 is 2.06 bits per heavy atom. The summed E-state index contributed by atoms with van der Waals surface area (Å²) in [5, 5.41) is 0. The van der Waals surface area contributed by atoms with Gasteiger partial charge in [0.2, 0.25) is 0 Å². The molecule has 1 aromatic rings. The van der Waals surface area contributed by atoms with E-state index in [9.17, 15) is 0 Å². The fourth-order valence-electron chi connectivity index (χ4n) is 1.72. The van der Waals surface area contributed by atoms with Crippen molar-refractivity contribution < 1.29 is 0 Å². The minimum absolute atomic E-state index is 1.13. The summed E-state index contributed by atoms with van der Waals surface area (Å²) in [4.78, 5) is 0. The van der Waals surface area contributed by atoms with Crippen molar-refractivity contribution in [3.05, 3.63) is 64.8 Å². The highest BCUT2D eigenvalue weighted by atomic mass is 14.1. The predicted molar refractivity (Wildman–Crippen MR) is 78.0 cm³/mol. The summed E-state index contributed by atoms with van der Waals surface area (Å²) in [5.41, 5.74) is 7.51. The molecule has 1 rings (SSSR count). The second-order valence-electron chi connectivity index (χ2n) is 4.57. The number of aryl methyl sites for hydroxylation is 1. The van der Waals surface area contributed by atoms with Crippen LogP contribution in [-0.4, -0.2) is 0 Å². The molecular weight excluding hydrogens is 204 g/mol. The van der Waals surface area contributed by atoms with Crippen LogP contribution in [0.3, 0.4) is 0 Å². The first-order valence-electron chi connectivity index (χ1n) is 6.04. The number of benzene rings is 1. The summed E-state index contributed by atoms with van der Waals surface area (Å²) in [5.74, 6) is 0. The Labute approximate surface area is 105 Å². The minimum Gasteiger partial charge on any atom is -0.0912 e. The maximum absolute atomic E-state index is 4.16. The third-order valence-electron chi connectivity index (χ3n) is 3.41. The molecule has 0 aliphatic rings. The summed E-state index contributed by atoms with van der Waals surface area (Å²) in [6, 6.07) is 8.65. The molecule has 0 N–H and O–H groups in total. The molecule has 0 saturated carbocycles. The highest BCUT2D eigenvalue weighted by Gasteiger charge is 2.05. The zero-order valence-electron chi connectivity index (χ0n) is 11.6. The van der Waals surface area contributed by atoms with Gasteiger partial charge in [-0.05, 0) is 62.5 Å². The standard InChI is InChI=1S/C17H22/c1-7-13(3)14(4)15(5)16(6)17-10-8-12(2)9-11-17/h7-11H,4H2,1-3,5-6H3/b13-7-,16-15+.